The molecule has 4 aromatic rings. The van der Waals surface area contributed by atoms with Crippen molar-refractivity contribution in [2.24, 2.45) is 0 Å². The van der Waals surface area contributed by atoms with Gasteiger partial charge in [-0.2, -0.15) is 0 Å². The molecule has 0 saturated carbocycles. The number of aromatic nitrogens is 5. The zero-order valence-corrected chi connectivity index (χ0v) is 16.2. The molecule has 4 rings (SSSR count). The fourth-order valence-corrected chi connectivity index (χ4v) is 4.02. The molecule has 0 unspecified atom stereocenters. The first-order valence-corrected chi connectivity index (χ1v) is 9.85. The van der Waals surface area contributed by atoms with Crippen LogP contribution in [0, 0.1) is 13.8 Å². The average molecular weight is 376 g/mol. The highest BCUT2D eigenvalue weighted by molar-refractivity contribution is 7.98. The van der Waals surface area contributed by atoms with Crippen LogP contribution in [-0.2, 0) is 12.3 Å². The molecule has 0 spiro atoms. The lowest BCUT2D eigenvalue weighted by atomic mass is 10.2. The van der Waals surface area contributed by atoms with E-state index in [1.54, 1.807) is 11.8 Å². The number of benzene rings is 2. The van der Waals surface area contributed by atoms with Crippen LogP contribution >= 0.6 is 11.8 Å². The van der Waals surface area contributed by atoms with Gasteiger partial charge in [0.15, 0.2) is 5.16 Å². The van der Waals surface area contributed by atoms with Gasteiger partial charge in [-0.3, -0.25) is 4.57 Å². The Morgan fingerprint density at radius 3 is 2.52 bits per heavy atom. The minimum atomic E-state index is 0.740. The maximum Gasteiger partial charge on any atom is 0.196 e. The molecule has 0 aliphatic rings. The molecule has 0 amide bonds. The molecule has 0 atom stereocenters. The van der Waals surface area contributed by atoms with Crippen LogP contribution in [0.25, 0.3) is 5.69 Å². The van der Waals surface area contributed by atoms with E-state index in [1.165, 1.54) is 11.1 Å². The number of para-hydroxylation sites is 1. The maximum atomic E-state index is 4.54. The number of hydrogen-bond acceptors (Lipinski definition) is 4. The minimum absolute atomic E-state index is 0.740. The molecule has 136 valence electrons. The van der Waals surface area contributed by atoms with Crippen molar-refractivity contribution in [3.63, 3.8) is 0 Å². The molecule has 0 fully saturated rings. The van der Waals surface area contributed by atoms with Gasteiger partial charge in [-0.25, -0.2) is 4.98 Å². The first kappa shape index (κ1) is 17.5. The first-order chi connectivity index (χ1) is 13.2. The van der Waals surface area contributed by atoms with E-state index in [-0.39, 0.29) is 0 Å². The van der Waals surface area contributed by atoms with Crippen molar-refractivity contribution in [3.8, 4) is 5.69 Å². The summed E-state index contributed by atoms with van der Waals surface area (Å²) in [6, 6.07) is 18.7. The fraction of sp³-hybridized carbons (Fsp3) is 0.190. The molecule has 27 heavy (non-hydrogen) atoms. The molecule has 5 nitrogen and oxygen atoms in total. The van der Waals surface area contributed by atoms with Crippen LogP contribution in [0.15, 0.2) is 72.1 Å². The Labute approximate surface area is 163 Å². The number of rotatable bonds is 6. The largest absolute Gasteiger partial charge is 0.330 e. The van der Waals surface area contributed by atoms with Gasteiger partial charge in [0.25, 0.3) is 0 Å². The minimum Gasteiger partial charge on any atom is -0.330 e. The molecule has 6 heteroatoms. The lowest BCUT2D eigenvalue weighted by Crippen LogP contribution is -2.05. The molecule has 0 aliphatic heterocycles. The monoisotopic (exact) mass is 375 g/mol. The van der Waals surface area contributed by atoms with Crippen LogP contribution in [0.5, 0.6) is 0 Å². The van der Waals surface area contributed by atoms with Crippen LogP contribution in [0.2, 0.25) is 0 Å². The van der Waals surface area contributed by atoms with Crippen LogP contribution in [0.4, 0.5) is 0 Å². The number of hydrogen-bond donors (Lipinski definition) is 0. The number of aryl methyl sites for hydroxylation is 2. The third-order valence-corrected chi connectivity index (χ3v) is 5.40. The van der Waals surface area contributed by atoms with E-state index in [4.69, 9.17) is 0 Å². The average Bonchev–Trinajstić information content (AvgIpc) is 3.27. The summed E-state index contributed by atoms with van der Waals surface area (Å²) in [7, 11) is 0. The lowest BCUT2D eigenvalue weighted by molar-refractivity contribution is 0.755. The highest BCUT2D eigenvalue weighted by Crippen LogP contribution is 2.26. The van der Waals surface area contributed by atoms with E-state index in [0.717, 1.165) is 34.8 Å². The Balaban J connectivity index is 1.54. The zero-order chi connectivity index (χ0) is 18.6. The Bertz CT molecular complexity index is 1040. The Morgan fingerprint density at radius 2 is 1.70 bits per heavy atom. The molecule has 0 bridgehead atoms. The van der Waals surface area contributed by atoms with Gasteiger partial charge >= 0.3 is 0 Å². The molecule has 0 radical (unpaired) electrons. The van der Waals surface area contributed by atoms with Gasteiger partial charge in [-0.05, 0) is 31.0 Å². The quantitative estimate of drug-likeness (QED) is 0.468. The van der Waals surface area contributed by atoms with E-state index in [1.807, 2.05) is 37.5 Å². The van der Waals surface area contributed by atoms with E-state index in [9.17, 15) is 0 Å². The van der Waals surface area contributed by atoms with Gasteiger partial charge in [0, 0.05) is 18.9 Å². The van der Waals surface area contributed by atoms with Gasteiger partial charge in [0.2, 0.25) is 0 Å². The first-order valence-electron chi connectivity index (χ1n) is 8.87. The molecule has 0 saturated heterocycles. The van der Waals surface area contributed by atoms with Crippen molar-refractivity contribution in [2.75, 3.05) is 0 Å². The maximum absolute atomic E-state index is 4.54. The predicted molar refractivity (Wildman–Crippen MR) is 108 cm³/mol. The third-order valence-electron chi connectivity index (χ3n) is 4.48. The molecular weight excluding hydrogens is 354 g/mol. The van der Waals surface area contributed by atoms with Crippen LogP contribution in [-0.4, -0.2) is 24.3 Å². The summed E-state index contributed by atoms with van der Waals surface area (Å²) in [4.78, 5) is 4.54. The molecular formula is C21H21N5S. The lowest BCUT2D eigenvalue weighted by Gasteiger charge is -2.11. The molecule has 2 aromatic heterocycles. The highest BCUT2D eigenvalue weighted by atomic mass is 32.2. The van der Waals surface area contributed by atoms with E-state index < -0.39 is 0 Å². The Hall–Kier alpha value is -2.86. The van der Waals surface area contributed by atoms with Crippen molar-refractivity contribution >= 4 is 11.8 Å². The summed E-state index contributed by atoms with van der Waals surface area (Å²) in [5.41, 5.74) is 3.59. The summed E-state index contributed by atoms with van der Waals surface area (Å²) in [6.45, 7) is 4.91. The highest BCUT2D eigenvalue weighted by Gasteiger charge is 2.14. The summed E-state index contributed by atoms with van der Waals surface area (Å²) >= 11 is 1.66. The summed E-state index contributed by atoms with van der Waals surface area (Å²) < 4.78 is 4.30. The molecule has 2 heterocycles. The molecule has 0 aliphatic carbocycles. The zero-order valence-electron chi connectivity index (χ0n) is 15.4. The van der Waals surface area contributed by atoms with Gasteiger partial charge < -0.3 is 4.57 Å². The normalized spacial score (nSPS) is 11.0. The number of nitrogens with zero attached hydrogens (tertiary/aromatic N) is 5. The van der Waals surface area contributed by atoms with Gasteiger partial charge in [0.05, 0.1) is 11.4 Å². The standard InChI is InChI=1S/C21H21N5S/c1-16-8-6-7-11-19(16)26-17(2)23-24-21(26)27-15-20-22-12-13-25(20)14-18-9-4-3-5-10-18/h3-13H,14-15H2,1-2H3. The molecule has 2 aromatic carbocycles. The van der Waals surface area contributed by atoms with Crippen LogP contribution in [0.3, 0.4) is 0 Å². The third kappa shape index (κ3) is 3.80. The Morgan fingerprint density at radius 1 is 0.926 bits per heavy atom. The second-order valence-corrected chi connectivity index (χ2v) is 7.34. The van der Waals surface area contributed by atoms with E-state index in [2.05, 4.69) is 67.6 Å². The topological polar surface area (TPSA) is 48.5 Å². The van der Waals surface area contributed by atoms with E-state index in [0.29, 0.717) is 0 Å². The second kappa shape index (κ2) is 7.80. The SMILES string of the molecule is Cc1ccccc1-n1c(C)nnc1SCc1nccn1Cc1ccccc1. The summed E-state index contributed by atoms with van der Waals surface area (Å²) in [5.74, 6) is 2.66. The van der Waals surface area contributed by atoms with E-state index >= 15 is 0 Å². The predicted octanol–water partition coefficient (Wildman–Crippen LogP) is 4.42. The fourth-order valence-electron chi connectivity index (χ4n) is 3.06. The smallest absolute Gasteiger partial charge is 0.196 e. The summed E-state index contributed by atoms with van der Waals surface area (Å²) in [6.07, 6.45) is 3.89. The van der Waals surface area contributed by atoms with Crippen molar-refractivity contribution in [1.29, 1.82) is 0 Å². The number of imidazole rings is 1. The van der Waals surface area contributed by atoms with Crippen molar-refractivity contribution in [3.05, 3.63) is 89.8 Å². The van der Waals surface area contributed by atoms with Crippen molar-refractivity contribution < 1.29 is 0 Å². The van der Waals surface area contributed by atoms with Gasteiger partial charge in [-0.15, -0.1) is 10.2 Å². The van der Waals surface area contributed by atoms with Crippen LogP contribution < -0.4 is 0 Å². The van der Waals surface area contributed by atoms with Gasteiger partial charge in [-0.1, -0.05) is 60.3 Å². The van der Waals surface area contributed by atoms with Gasteiger partial charge in [0.1, 0.15) is 11.6 Å². The molecule has 0 N–H and O–H groups in total. The summed E-state index contributed by atoms with van der Waals surface area (Å²) in [5, 5.41) is 9.56. The second-order valence-electron chi connectivity index (χ2n) is 6.40. The Kier molecular flexibility index (Phi) is 5.07. The van der Waals surface area contributed by atoms with Crippen molar-refractivity contribution in [2.45, 2.75) is 31.3 Å². The van der Waals surface area contributed by atoms with Crippen LogP contribution in [0.1, 0.15) is 22.8 Å². The number of thioether (sulfide) groups is 1. The van der Waals surface area contributed by atoms with Crippen molar-refractivity contribution in [1.82, 2.24) is 24.3 Å².